The Labute approximate surface area is 145 Å². The summed E-state index contributed by atoms with van der Waals surface area (Å²) in [5.74, 6) is 1.58. The van der Waals surface area contributed by atoms with Crippen LogP contribution in [0.3, 0.4) is 0 Å². The van der Waals surface area contributed by atoms with Crippen molar-refractivity contribution in [2.45, 2.75) is 27.2 Å². The number of hydrogen-bond donors (Lipinski definition) is 2. The maximum Gasteiger partial charge on any atom is 0.213 e. The summed E-state index contributed by atoms with van der Waals surface area (Å²) in [6, 6.07) is 3.44. The second-order valence-electron chi connectivity index (χ2n) is 5.66. The lowest BCUT2D eigenvalue weighted by Crippen LogP contribution is -2.07. The van der Waals surface area contributed by atoms with Gasteiger partial charge in [0.25, 0.3) is 0 Å². The van der Waals surface area contributed by atoms with Crippen molar-refractivity contribution in [1.29, 1.82) is 0 Å². The van der Waals surface area contributed by atoms with E-state index in [-0.39, 0.29) is 5.78 Å². The van der Waals surface area contributed by atoms with Gasteiger partial charge in [-0.2, -0.15) is 0 Å². The molecule has 0 atom stereocenters. The number of ketones is 1. The van der Waals surface area contributed by atoms with Crippen molar-refractivity contribution < 1.29 is 4.79 Å². The fourth-order valence-electron chi connectivity index (χ4n) is 2.39. The molecular weight excluding hydrogens is 318 g/mol. The first-order valence-electron chi connectivity index (χ1n) is 7.88. The van der Waals surface area contributed by atoms with Crippen LogP contribution >= 0.6 is 0 Å². The van der Waals surface area contributed by atoms with Crippen LogP contribution in [0.2, 0.25) is 0 Å². The summed E-state index contributed by atoms with van der Waals surface area (Å²) in [7, 11) is 0. The number of carbonyl (C=O) groups is 1. The zero-order valence-corrected chi connectivity index (χ0v) is 14.3. The van der Waals surface area contributed by atoms with Crippen molar-refractivity contribution in [3.63, 3.8) is 0 Å². The van der Waals surface area contributed by atoms with Gasteiger partial charge in [-0.15, -0.1) is 0 Å². The zero-order chi connectivity index (χ0) is 18.0. The minimum atomic E-state index is 0.0171. The van der Waals surface area contributed by atoms with E-state index in [2.05, 4.69) is 25.3 Å². The molecule has 0 saturated carbocycles. The molecule has 0 aliphatic rings. The van der Waals surface area contributed by atoms with E-state index in [0.717, 1.165) is 16.9 Å². The van der Waals surface area contributed by atoms with Crippen LogP contribution in [0.25, 0.3) is 5.82 Å². The van der Waals surface area contributed by atoms with E-state index in [1.807, 2.05) is 27.0 Å². The number of imidazole rings is 1. The summed E-state index contributed by atoms with van der Waals surface area (Å²) in [5.41, 5.74) is 8.70. The molecule has 0 fully saturated rings. The third-order valence-electron chi connectivity index (χ3n) is 3.71. The lowest BCUT2D eigenvalue weighted by atomic mass is 10.1. The Kier molecular flexibility index (Phi) is 4.42. The standard InChI is InChI=1S/C17H19N7O/c1-4-14(25)12-5-10(2)13(7-19-12)23-17-22-11(3)8-24(17)16-6-15(18)20-9-21-16/h5-9H,4H2,1-3H3,(H,22,23)(H2,18,20,21). The van der Waals surface area contributed by atoms with Gasteiger partial charge in [0.1, 0.15) is 23.7 Å². The maximum absolute atomic E-state index is 11.8. The van der Waals surface area contributed by atoms with Gasteiger partial charge in [0.2, 0.25) is 5.95 Å². The van der Waals surface area contributed by atoms with Crippen LogP contribution in [0, 0.1) is 13.8 Å². The van der Waals surface area contributed by atoms with Gasteiger partial charge in [0.05, 0.1) is 17.6 Å². The topological polar surface area (TPSA) is 112 Å². The summed E-state index contributed by atoms with van der Waals surface area (Å²) in [6.45, 7) is 5.62. The summed E-state index contributed by atoms with van der Waals surface area (Å²) in [6.07, 6.45) is 5.32. The Morgan fingerprint density at radius 1 is 1.24 bits per heavy atom. The number of anilines is 3. The molecule has 3 N–H and O–H groups in total. The van der Waals surface area contributed by atoms with Gasteiger partial charge in [-0.1, -0.05) is 6.92 Å². The van der Waals surface area contributed by atoms with E-state index < -0.39 is 0 Å². The molecule has 0 saturated heterocycles. The van der Waals surface area contributed by atoms with Gasteiger partial charge in [0, 0.05) is 18.7 Å². The minimum absolute atomic E-state index is 0.0171. The van der Waals surface area contributed by atoms with E-state index in [1.165, 1.54) is 6.33 Å². The van der Waals surface area contributed by atoms with Crippen LogP contribution < -0.4 is 11.1 Å². The molecule has 0 aliphatic heterocycles. The molecule has 0 unspecified atom stereocenters. The smallest absolute Gasteiger partial charge is 0.213 e. The Hall–Kier alpha value is -3.29. The van der Waals surface area contributed by atoms with Crippen molar-refractivity contribution in [2.75, 3.05) is 11.1 Å². The Balaban J connectivity index is 1.95. The number of pyridine rings is 1. The Morgan fingerprint density at radius 3 is 2.72 bits per heavy atom. The number of aryl methyl sites for hydroxylation is 2. The number of hydrogen-bond acceptors (Lipinski definition) is 7. The van der Waals surface area contributed by atoms with Crippen molar-refractivity contribution in [1.82, 2.24) is 24.5 Å². The predicted molar refractivity (Wildman–Crippen MR) is 95.2 cm³/mol. The molecular formula is C17H19N7O. The van der Waals surface area contributed by atoms with Crippen LogP contribution in [0.15, 0.2) is 30.9 Å². The molecule has 3 aromatic heterocycles. The van der Waals surface area contributed by atoms with Gasteiger partial charge in [-0.3, -0.25) is 14.3 Å². The van der Waals surface area contributed by atoms with E-state index in [1.54, 1.807) is 22.9 Å². The lowest BCUT2D eigenvalue weighted by molar-refractivity contribution is 0.0983. The van der Waals surface area contributed by atoms with Gasteiger partial charge in [-0.05, 0) is 25.5 Å². The van der Waals surface area contributed by atoms with Crippen LogP contribution in [0.1, 0.15) is 35.1 Å². The highest BCUT2D eigenvalue weighted by atomic mass is 16.1. The second-order valence-corrected chi connectivity index (χ2v) is 5.66. The molecule has 0 amide bonds. The summed E-state index contributed by atoms with van der Waals surface area (Å²) in [4.78, 5) is 28.6. The molecule has 0 aliphatic carbocycles. The molecule has 0 aromatic carbocycles. The van der Waals surface area contributed by atoms with E-state index in [4.69, 9.17) is 5.73 Å². The monoisotopic (exact) mass is 337 g/mol. The number of carbonyl (C=O) groups excluding carboxylic acids is 1. The molecule has 8 nitrogen and oxygen atoms in total. The fraction of sp³-hybridized carbons (Fsp3) is 0.235. The molecule has 0 bridgehead atoms. The number of nitrogens with one attached hydrogen (secondary N) is 1. The van der Waals surface area contributed by atoms with Gasteiger partial charge >= 0.3 is 0 Å². The summed E-state index contributed by atoms with van der Waals surface area (Å²) in [5, 5.41) is 3.24. The van der Waals surface area contributed by atoms with Crippen LogP contribution in [-0.4, -0.2) is 30.3 Å². The van der Waals surface area contributed by atoms with Crippen molar-refractivity contribution in [3.8, 4) is 5.82 Å². The number of Topliss-reactive ketones (excluding diaryl/α,β-unsaturated/α-hetero) is 1. The SMILES string of the molecule is CCC(=O)c1cc(C)c(Nc2nc(C)cn2-c2cc(N)ncn2)cn1. The van der Waals surface area contributed by atoms with Crippen molar-refractivity contribution >= 4 is 23.2 Å². The first-order valence-corrected chi connectivity index (χ1v) is 7.88. The zero-order valence-electron chi connectivity index (χ0n) is 14.3. The number of nitrogen functional groups attached to an aromatic ring is 1. The molecule has 3 aromatic rings. The lowest BCUT2D eigenvalue weighted by Gasteiger charge is -2.11. The number of nitrogens with two attached hydrogens (primary N) is 1. The second kappa shape index (κ2) is 6.68. The summed E-state index contributed by atoms with van der Waals surface area (Å²) >= 11 is 0. The maximum atomic E-state index is 11.8. The molecule has 25 heavy (non-hydrogen) atoms. The third-order valence-corrected chi connectivity index (χ3v) is 3.71. The average Bonchev–Trinajstić information content (AvgIpc) is 2.96. The highest BCUT2D eigenvalue weighted by Gasteiger charge is 2.12. The van der Waals surface area contributed by atoms with E-state index in [9.17, 15) is 4.79 Å². The summed E-state index contributed by atoms with van der Waals surface area (Å²) < 4.78 is 1.79. The number of nitrogens with zero attached hydrogens (tertiary/aromatic N) is 5. The molecule has 3 heterocycles. The van der Waals surface area contributed by atoms with Crippen molar-refractivity contribution in [2.24, 2.45) is 0 Å². The largest absolute Gasteiger partial charge is 0.384 e. The molecule has 3 rings (SSSR count). The quantitative estimate of drug-likeness (QED) is 0.688. The number of aromatic nitrogens is 5. The normalized spacial score (nSPS) is 10.7. The fourth-order valence-corrected chi connectivity index (χ4v) is 2.39. The predicted octanol–water partition coefficient (Wildman–Crippen LogP) is 2.59. The molecule has 128 valence electrons. The van der Waals surface area contributed by atoms with E-state index in [0.29, 0.717) is 29.7 Å². The Bertz CT molecular complexity index is 932. The van der Waals surface area contributed by atoms with E-state index >= 15 is 0 Å². The van der Waals surface area contributed by atoms with Crippen LogP contribution in [0.4, 0.5) is 17.5 Å². The van der Waals surface area contributed by atoms with Gasteiger partial charge < -0.3 is 11.1 Å². The van der Waals surface area contributed by atoms with Gasteiger partial charge in [0.15, 0.2) is 5.78 Å². The molecule has 8 heteroatoms. The first-order chi connectivity index (χ1) is 12.0. The van der Waals surface area contributed by atoms with Crippen LogP contribution in [-0.2, 0) is 0 Å². The molecule has 0 spiro atoms. The van der Waals surface area contributed by atoms with Crippen LogP contribution in [0.5, 0.6) is 0 Å². The van der Waals surface area contributed by atoms with Gasteiger partial charge in [-0.25, -0.2) is 15.0 Å². The highest BCUT2D eigenvalue weighted by Crippen LogP contribution is 2.23. The number of rotatable bonds is 5. The minimum Gasteiger partial charge on any atom is -0.384 e. The highest BCUT2D eigenvalue weighted by molar-refractivity contribution is 5.94. The third kappa shape index (κ3) is 3.47. The Morgan fingerprint density at radius 2 is 2.04 bits per heavy atom. The first kappa shape index (κ1) is 16.6. The molecule has 0 radical (unpaired) electrons. The van der Waals surface area contributed by atoms with Crippen molar-refractivity contribution in [3.05, 3.63) is 47.8 Å². The average molecular weight is 337 g/mol.